The number of amides is 1. The number of nitrogens with zero attached hydrogens (tertiary/aromatic N) is 1. The van der Waals surface area contributed by atoms with Crippen LogP contribution in [-0.4, -0.2) is 45.6 Å². The lowest BCUT2D eigenvalue weighted by Gasteiger charge is -2.34. The highest BCUT2D eigenvalue weighted by Crippen LogP contribution is 2.46. The number of carboxylic acids is 1. The Morgan fingerprint density at radius 3 is 2.33 bits per heavy atom. The molecule has 0 aromatic carbocycles. The third-order valence-corrected chi connectivity index (χ3v) is 6.59. The lowest BCUT2D eigenvalue weighted by molar-refractivity contribution is -0.151. The van der Waals surface area contributed by atoms with Crippen molar-refractivity contribution in [3.8, 4) is 0 Å². The van der Waals surface area contributed by atoms with Crippen molar-refractivity contribution in [2.45, 2.75) is 49.9 Å². The summed E-state index contributed by atoms with van der Waals surface area (Å²) in [7, 11) is 0. The molecule has 1 saturated heterocycles. The molecule has 1 heterocycles. The van der Waals surface area contributed by atoms with Gasteiger partial charge in [-0.2, -0.15) is 0 Å². The number of thioether (sulfide) groups is 1. The minimum atomic E-state index is -0.852. The molecule has 0 spiro atoms. The maximum Gasteiger partial charge on any atom is 0.327 e. The van der Waals surface area contributed by atoms with E-state index in [4.69, 9.17) is 5.73 Å². The predicted octanol–water partition coefficient (Wildman–Crippen LogP) is 1.52. The smallest absolute Gasteiger partial charge is 0.327 e. The Bertz CT molecular complexity index is 419. The number of aliphatic carboxylic acids is 1. The van der Waals surface area contributed by atoms with Gasteiger partial charge in [-0.15, -0.1) is 11.8 Å². The maximum atomic E-state index is 12.9. The van der Waals surface area contributed by atoms with Crippen molar-refractivity contribution in [3.05, 3.63) is 0 Å². The van der Waals surface area contributed by atoms with E-state index in [-0.39, 0.29) is 17.2 Å². The summed E-state index contributed by atoms with van der Waals surface area (Å²) in [4.78, 5) is 26.1. The third kappa shape index (κ3) is 3.06. The summed E-state index contributed by atoms with van der Waals surface area (Å²) in [6.07, 6.45) is 6.00. The Labute approximate surface area is 129 Å². The molecule has 2 aliphatic carbocycles. The Hall–Kier alpha value is -0.750. The van der Waals surface area contributed by atoms with E-state index in [1.807, 2.05) is 0 Å². The average Bonchev–Trinajstić information content (AvgIpc) is 3.24. The Morgan fingerprint density at radius 1 is 1.14 bits per heavy atom. The van der Waals surface area contributed by atoms with E-state index in [0.717, 1.165) is 38.5 Å². The van der Waals surface area contributed by atoms with E-state index < -0.39 is 12.0 Å². The maximum absolute atomic E-state index is 12.9. The molecule has 2 unspecified atom stereocenters. The molecule has 118 valence electrons. The van der Waals surface area contributed by atoms with E-state index >= 15 is 0 Å². The van der Waals surface area contributed by atoms with Crippen LogP contribution in [0.2, 0.25) is 0 Å². The normalized spacial score (nSPS) is 36.7. The summed E-state index contributed by atoms with van der Waals surface area (Å²) in [6.45, 7) is 0.697. The van der Waals surface area contributed by atoms with E-state index in [9.17, 15) is 14.7 Å². The van der Waals surface area contributed by atoms with Crippen molar-refractivity contribution in [2.75, 3.05) is 12.3 Å². The highest BCUT2D eigenvalue weighted by Gasteiger charge is 2.49. The fourth-order valence-electron chi connectivity index (χ4n) is 3.60. The second kappa shape index (κ2) is 6.16. The fraction of sp³-hybridized carbons (Fsp3) is 0.867. The van der Waals surface area contributed by atoms with E-state index in [0.29, 0.717) is 24.1 Å². The van der Waals surface area contributed by atoms with E-state index in [2.05, 4.69) is 0 Å². The predicted molar refractivity (Wildman–Crippen MR) is 81.7 cm³/mol. The number of nitrogens with two attached hydrogens (primary N) is 1. The van der Waals surface area contributed by atoms with Crippen molar-refractivity contribution in [1.29, 1.82) is 0 Å². The van der Waals surface area contributed by atoms with Crippen LogP contribution in [0.1, 0.15) is 38.5 Å². The van der Waals surface area contributed by atoms with Gasteiger partial charge in [0, 0.05) is 11.7 Å². The second-order valence-electron chi connectivity index (χ2n) is 6.61. The molecule has 3 fully saturated rings. The number of hydrogen-bond donors (Lipinski definition) is 2. The summed E-state index contributed by atoms with van der Waals surface area (Å²) < 4.78 is 0. The zero-order chi connectivity index (χ0) is 15.0. The van der Waals surface area contributed by atoms with Crippen molar-refractivity contribution in [3.63, 3.8) is 0 Å². The van der Waals surface area contributed by atoms with Gasteiger partial charge in [-0.05, 0) is 56.9 Å². The summed E-state index contributed by atoms with van der Waals surface area (Å²) in [6, 6.07) is -0.625. The number of rotatable bonds is 4. The van der Waals surface area contributed by atoms with Gasteiger partial charge in [0.1, 0.15) is 6.04 Å². The molecule has 0 radical (unpaired) electrons. The van der Waals surface area contributed by atoms with Crippen LogP contribution in [-0.2, 0) is 9.59 Å². The van der Waals surface area contributed by atoms with Crippen LogP contribution >= 0.6 is 11.8 Å². The minimum absolute atomic E-state index is 0.00889. The van der Waals surface area contributed by atoms with Crippen LogP contribution in [0.15, 0.2) is 0 Å². The number of carbonyl (C=O) groups is 2. The number of carbonyl (C=O) groups excluding carboxylic acids is 1. The first-order valence-corrected chi connectivity index (χ1v) is 9.03. The van der Waals surface area contributed by atoms with Crippen LogP contribution < -0.4 is 5.73 Å². The van der Waals surface area contributed by atoms with Gasteiger partial charge >= 0.3 is 5.97 Å². The van der Waals surface area contributed by atoms with Crippen LogP contribution in [0.5, 0.6) is 0 Å². The molecule has 5 nitrogen and oxygen atoms in total. The van der Waals surface area contributed by atoms with Crippen molar-refractivity contribution in [1.82, 2.24) is 4.90 Å². The van der Waals surface area contributed by atoms with Crippen LogP contribution in [0, 0.1) is 17.8 Å². The average molecular weight is 312 g/mol. The molecule has 0 bridgehead atoms. The topological polar surface area (TPSA) is 83.6 Å². The molecular formula is C15H24N2O3S. The van der Waals surface area contributed by atoms with Gasteiger partial charge in [-0.3, -0.25) is 4.79 Å². The van der Waals surface area contributed by atoms with Crippen LogP contribution in [0.4, 0.5) is 0 Å². The molecule has 1 aliphatic heterocycles. The Morgan fingerprint density at radius 2 is 1.81 bits per heavy atom. The van der Waals surface area contributed by atoms with Crippen LogP contribution in [0.25, 0.3) is 0 Å². The fourth-order valence-corrected chi connectivity index (χ4v) is 5.24. The molecule has 2 saturated carbocycles. The molecule has 21 heavy (non-hydrogen) atoms. The standard InChI is InChI=1S/C15H24N2O3S/c16-7-9-1-3-10(4-2-9)13(18)17-12(15(19)20)8-21-14(17)11-5-6-11/h9-12,14H,1-8,16H2,(H,19,20). The number of hydrogen-bond acceptors (Lipinski definition) is 4. The van der Waals surface area contributed by atoms with Gasteiger partial charge < -0.3 is 15.7 Å². The van der Waals surface area contributed by atoms with Crippen molar-refractivity contribution in [2.24, 2.45) is 23.5 Å². The lowest BCUT2D eigenvalue weighted by atomic mass is 9.81. The summed E-state index contributed by atoms with van der Waals surface area (Å²) in [5, 5.41) is 9.51. The number of carboxylic acid groups (broad SMARTS) is 1. The monoisotopic (exact) mass is 312 g/mol. The Kier molecular flexibility index (Phi) is 4.45. The molecule has 0 aromatic rings. The van der Waals surface area contributed by atoms with Gasteiger partial charge in [0.15, 0.2) is 0 Å². The highest BCUT2D eigenvalue weighted by atomic mass is 32.2. The first-order chi connectivity index (χ1) is 10.1. The summed E-state index contributed by atoms with van der Waals surface area (Å²) in [5.74, 6) is 0.838. The van der Waals surface area contributed by atoms with Gasteiger partial charge in [-0.1, -0.05) is 0 Å². The largest absolute Gasteiger partial charge is 0.480 e. The lowest BCUT2D eigenvalue weighted by Crippen LogP contribution is -2.49. The van der Waals surface area contributed by atoms with Gasteiger partial charge in [0.2, 0.25) is 5.91 Å². The molecule has 3 aliphatic rings. The first kappa shape index (κ1) is 15.2. The molecular weight excluding hydrogens is 288 g/mol. The molecule has 6 heteroatoms. The molecule has 0 aromatic heterocycles. The van der Waals surface area contributed by atoms with Gasteiger partial charge in [0.25, 0.3) is 0 Å². The zero-order valence-electron chi connectivity index (χ0n) is 12.2. The quantitative estimate of drug-likeness (QED) is 0.822. The zero-order valence-corrected chi connectivity index (χ0v) is 13.1. The SMILES string of the molecule is NCC1CCC(C(=O)N2C(C(=O)O)CSC2C2CC2)CC1. The van der Waals surface area contributed by atoms with Gasteiger partial charge in [-0.25, -0.2) is 4.79 Å². The highest BCUT2D eigenvalue weighted by molar-refractivity contribution is 8.00. The molecule has 2 atom stereocenters. The van der Waals surface area contributed by atoms with Crippen LogP contribution in [0.3, 0.4) is 0 Å². The molecule has 3 N–H and O–H groups in total. The second-order valence-corrected chi connectivity index (χ2v) is 7.76. The summed E-state index contributed by atoms with van der Waals surface area (Å²) >= 11 is 1.66. The van der Waals surface area contributed by atoms with Gasteiger partial charge in [0.05, 0.1) is 5.37 Å². The first-order valence-electron chi connectivity index (χ1n) is 7.98. The summed E-state index contributed by atoms with van der Waals surface area (Å²) in [5.41, 5.74) is 5.70. The third-order valence-electron chi connectivity index (χ3n) is 5.13. The van der Waals surface area contributed by atoms with E-state index in [1.165, 1.54) is 0 Å². The van der Waals surface area contributed by atoms with Crippen molar-refractivity contribution < 1.29 is 14.7 Å². The molecule has 3 rings (SSSR count). The minimum Gasteiger partial charge on any atom is -0.480 e. The Balaban J connectivity index is 1.69. The van der Waals surface area contributed by atoms with E-state index in [1.54, 1.807) is 16.7 Å². The van der Waals surface area contributed by atoms with Crippen molar-refractivity contribution >= 4 is 23.6 Å². The molecule has 1 amide bonds.